The molecule has 0 aliphatic carbocycles. The van der Waals surface area contributed by atoms with Crippen LogP contribution in [0, 0.1) is 28.8 Å². The van der Waals surface area contributed by atoms with Crippen LogP contribution >= 0.6 is 15.9 Å². The molecule has 0 unspecified atom stereocenters. The third kappa shape index (κ3) is 2.71. The van der Waals surface area contributed by atoms with Gasteiger partial charge in [0.15, 0.2) is 17.4 Å². The van der Waals surface area contributed by atoms with E-state index in [1.54, 1.807) is 0 Å². The number of fused-ring (bicyclic) bond motifs is 1. The van der Waals surface area contributed by atoms with Crippen molar-refractivity contribution in [1.82, 2.24) is 9.97 Å². The molecule has 114 valence electrons. The van der Waals surface area contributed by atoms with Crippen LogP contribution in [-0.4, -0.2) is 9.97 Å². The number of aromatic nitrogens is 2. The minimum Gasteiger partial charge on any atom is -0.435 e. The van der Waals surface area contributed by atoms with Crippen LogP contribution in [0.4, 0.5) is 13.2 Å². The lowest BCUT2D eigenvalue weighted by atomic mass is 10.2. The average Bonchev–Trinajstić information content (AvgIpc) is 2.56. The molecule has 0 saturated carbocycles. The lowest BCUT2D eigenvalue weighted by Gasteiger charge is -2.09. The normalized spacial score (nSPS) is 10.6. The van der Waals surface area contributed by atoms with Gasteiger partial charge in [0.1, 0.15) is 17.4 Å². The summed E-state index contributed by atoms with van der Waals surface area (Å²) in [5, 5.41) is 9.05. The van der Waals surface area contributed by atoms with Crippen LogP contribution < -0.4 is 4.74 Å². The van der Waals surface area contributed by atoms with Crippen molar-refractivity contribution < 1.29 is 17.9 Å². The fraction of sp³-hybridized carbons (Fsp3) is 0. The van der Waals surface area contributed by atoms with Crippen LogP contribution in [-0.2, 0) is 0 Å². The van der Waals surface area contributed by atoms with Crippen LogP contribution in [0.5, 0.6) is 11.6 Å². The summed E-state index contributed by atoms with van der Waals surface area (Å²) < 4.78 is 45.6. The molecule has 0 fully saturated rings. The van der Waals surface area contributed by atoms with Crippen LogP contribution in [0.25, 0.3) is 11.0 Å². The van der Waals surface area contributed by atoms with Crippen molar-refractivity contribution in [3.05, 3.63) is 58.0 Å². The zero-order chi connectivity index (χ0) is 16.6. The Morgan fingerprint density at radius 3 is 2.57 bits per heavy atom. The molecule has 3 rings (SSSR count). The molecule has 8 heteroatoms. The summed E-state index contributed by atoms with van der Waals surface area (Å²) in [5.41, 5.74) is -0.117. The van der Waals surface area contributed by atoms with Crippen LogP contribution in [0.1, 0.15) is 5.56 Å². The van der Waals surface area contributed by atoms with Crippen molar-refractivity contribution >= 4 is 27.0 Å². The Kier molecular flexibility index (Phi) is 3.88. The maximum atomic E-state index is 13.6. The fourth-order valence-corrected chi connectivity index (χ4v) is 2.31. The van der Waals surface area contributed by atoms with E-state index in [1.165, 1.54) is 12.1 Å². The highest BCUT2D eigenvalue weighted by Gasteiger charge is 2.16. The Balaban J connectivity index is 2.08. The summed E-state index contributed by atoms with van der Waals surface area (Å²) >= 11 is 2.99. The second kappa shape index (κ2) is 5.85. The first-order chi connectivity index (χ1) is 11.0. The molecule has 4 nitrogen and oxygen atoms in total. The van der Waals surface area contributed by atoms with Gasteiger partial charge in [-0.05, 0) is 40.2 Å². The van der Waals surface area contributed by atoms with Gasteiger partial charge in [-0.15, -0.1) is 0 Å². The molecule has 0 radical (unpaired) electrons. The second-order valence-electron chi connectivity index (χ2n) is 4.39. The van der Waals surface area contributed by atoms with E-state index in [9.17, 15) is 13.2 Å². The lowest BCUT2D eigenvalue weighted by Crippen LogP contribution is -1.97. The largest absolute Gasteiger partial charge is 0.435 e. The molecule has 0 spiro atoms. The first-order valence-corrected chi connectivity index (χ1v) is 6.97. The highest BCUT2D eigenvalue weighted by Crippen LogP contribution is 2.34. The molecule has 1 heterocycles. The molecule has 0 bridgehead atoms. The van der Waals surface area contributed by atoms with Gasteiger partial charge >= 0.3 is 0 Å². The Morgan fingerprint density at radius 1 is 1.09 bits per heavy atom. The van der Waals surface area contributed by atoms with Gasteiger partial charge < -0.3 is 4.74 Å². The second-order valence-corrected chi connectivity index (χ2v) is 5.18. The van der Waals surface area contributed by atoms with Gasteiger partial charge in [-0.25, -0.2) is 23.1 Å². The Bertz CT molecular complexity index is 972. The van der Waals surface area contributed by atoms with Gasteiger partial charge in [0, 0.05) is 0 Å². The fourth-order valence-electron chi connectivity index (χ4n) is 1.88. The number of hydrogen-bond acceptors (Lipinski definition) is 4. The molecule has 1 aromatic heterocycles. The van der Waals surface area contributed by atoms with Crippen molar-refractivity contribution in [1.29, 1.82) is 5.26 Å². The van der Waals surface area contributed by atoms with Crippen molar-refractivity contribution in [3.63, 3.8) is 0 Å². The van der Waals surface area contributed by atoms with E-state index in [0.717, 1.165) is 18.3 Å². The Labute approximate surface area is 136 Å². The molecule has 0 saturated heterocycles. The predicted octanol–water partition coefficient (Wildman–Crippen LogP) is 4.47. The predicted molar refractivity (Wildman–Crippen MR) is 78.3 cm³/mol. The molecule has 3 aromatic rings. The van der Waals surface area contributed by atoms with Crippen molar-refractivity contribution in [2.24, 2.45) is 0 Å². The summed E-state index contributed by atoms with van der Waals surface area (Å²) in [6, 6.07) is 6.37. The molecule has 0 N–H and O–H groups in total. The SMILES string of the molecule is N#Cc1ccc(F)c(Br)c1Oc1cnc2c(F)c(F)ccc2n1. The van der Waals surface area contributed by atoms with Crippen molar-refractivity contribution in [2.75, 3.05) is 0 Å². The quantitative estimate of drug-likeness (QED) is 0.658. The molecule has 0 aliphatic rings. The minimum atomic E-state index is -1.12. The lowest BCUT2D eigenvalue weighted by molar-refractivity contribution is 0.451. The Morgan fingerprint density at radius 2 is 1.83 bits per heavy atom. The van der Waals surface area contributed by atoms with E-state index >= 15 is 0 Å². The molecule has 0 atom stereocenters. The number of hydrogen-bond donors (Lipinski definition) is 0. The number of nitrogens with zero attached hydrogens (tertiary/aromatic N) is 3. The number of ether oxygens (including phenoxy) is 1. The van der Waals surface area contributed by atoms with Gasteiger partial charge in [0.25, 0.3) is 0 Å². The van der Waals surface area contributed by atoms with Crippen molar-refractivity contribution in [3.8, 4) is 17.7 Å². The summed E-state index contributed by atoms with van der Waals surface area (Å²) in [7, 11) is 0. The van der Waals surface area contributed by atoms with Gasteiger partial charge in [0.2, 0.25) is 5.88 Å². The highest BCUT2D eigenvalue weighted by atomic mass is 79.9. The van der Waals surface area contributed by atoms with Crippen molar-refractivity contribution in [2.45, 2.75) is 0 Å². The van der Waals surface area contributed by atoms with Crippen LogP contribution in [0.15, 0.2) is 34.9 Å². The third-order valence-electron chi connectivity index (χ3n) is 2.96. The van der Waals surface area contributed by atoms with E-state index in [-0.39, 0.29) is 32.7 Å². The molecular weight excluding hydrogens is 375 g/mol. The molecule has 23 heavy (non-hydrogen) atoms. The Hall–Kier alpha value is -2.66. The van der Waals surface area contributed by atoms with E-state index in [4.69, 9.17) is 10.00 Å². The van der Waals surface area contributed by atoms with E-state index < -0.39 is 17.5 Å². The van der Waals surface area contributed by atoms with Gasteiger partial charge in [0.05, 0.1) is 21.7 Å². The molecule has 0 amide bonds. The van der Waals surface area contributed by atoms with Crippen LogP contribution in [0.3, 0.4) is 0 Å². The topological polar surface area (TPSA) is 58.8 Å². The summed E-state index contributed by atoms with van der Waals surface area (Å²) in [6.07, 6.45) is 1.06. The standard InChI is InChI=1S/C15H5BrF3N3O/c16-12-8(17)2-1-7(5-20)15(12)23-11-6-21-14-10(22-11)4-3-9(18)13(14)19/h1-4,6H. The van der Waals surface area contributed by atoms with Gasteiger partial charge in [-0.1, -0.05) is 0 Å². The number of benzene rings is 2. The first-order valence-electron chi connectivity index (χ1n) is 6.18. The van der Waals surface area contributed by atoms with Gasteiger partial charge in [-0.3, -0.25) is 0 Å². The van der Waals surface area contributed by atoms with E-state index in [0.29, 0.717) is 0 Å². The molecule has 2 aromatic carbocycles. The van der Waals surface area contributed by atoms with E-state index in [1.807, 2.05) is 6.07 Å². The minimum absolute atomic E-state index is 0.0521. The average molecular weight is 380 g/mol. The number of rotatable bonds is 2. The zero-order valence-electron chi connectivity index (χ0n) is 11.1. The van der Waals surface area contributed by atoms with Gasteiger partial charge in [-0.2, -0.15) is 5.26 Å². The number of halogens is 4. The smallest absolute Gasteiger partial charge is 0.238 e. The molecular formula is C15H5BrF3N3O. The van der Waals surface area contributed by atoms with Crippen LogP contribution in [0.2, 0.25) is 0 Å². The zero-order valence-corrected chi connectivity index (χ0v) is 12.7. The summed E-state index contributed by atoms with van der Waals surface area (Å²) in [5.74, 6) is -2.96. The maximum Gasteiger partial charge on any atom is 0.238 e. The highest BCUT2D eigenvalue weighted by molar-refractivity contribution is 9.10. The summed E-state index contributed by atoms with van der Waals surface area (Å²) in [6.45, 7) is 0. The monoisotopic (exact) mass is 379 g/mol. The van der Waals surface area contributed by atoms with E-state index in [2.05, 4.69) is 25.9 Å². The third-order valence-corrected chi connectivity index (χ3v) is 3.70. The molecule has 0 aliphatic heterocycles. The maximum absolute atomic E-state index is 13.6. The number of nitriles is 1. The first kappa shape index (κ1) is 15.2. The summed E-state index contributed by atoms with van der Waals surface area (Å²) in [4.78, 5) is 7.73.